The predicted octanol–water partition coefficient (Wildman–Crippen LogP) is 2.20. The van der Waals surface area contributed by atoms with Gasteiger partial charge in [0.25, 0.3) is 0 Å². The number of nitrogens with one attached hydrogen (secondary N) is 1. The predicted molar refractivity (Wildman–Crippen MR) is 59.6 cm³/mol. The van der Waals surface area contributed by atoms with Crippen molar-refractivity contribution in [3.05, 3.63) is 34.1 Å². The molecule has 4 heteroatoms. The lowest BCUT2D eigenvalue weighted by molar-refractivity contribution is 0.552. The number of rotatable bonds is 4. The zero-order chi connectivity index (χ0) is 10.6. The van der Waals surface area contributed by atoms with E-state index < -0.39 is 0 Å². The molecule has 0 spiro atoms. The minimum Gasteiger partial charge on any atom is -0.329 e. The number of benzene rings is 1. The molecule has 0 heterocycles. The maximum Gasteiger partial charge on any atom is 0.137 e. The highest BCUT2D eigenvalue weighted by Gasteiger charge is 2.09. The molecule has 0 aromatic heterocycles. The third kappa shape index (κ3) is 2.77. The first-order chi connectivity index (χ1) is 6.69. The van der Waals surface area contributed by atoms with E-state index in [9.17, 15) is 4.39 Å². The molecule has 0 saturated heterocycles. The molecule has 0 fully saturated rings. The fraction of sp³-hybridized carbons (Fsp3) is 0.400. The van der Waals surface area contributed by atoms with Crippen LogP contribution in [0, 0.1) is 5.82 Å². The van der Waals surface area contributed by atoms with Crippen LogP contribution in [0.25, 0.3) is 0 Å². The van der Waals surface area contributed by atoms with E-state index in [1.807, 2.05) is 13.0 Å². The molecule has 0 saturated carbocycles. The molecule has 0 aliphatic carbocycles. The van der Waals surface area contributed by atoms with Crippen molar-refractivity contribution in [2.24, 2.45) is 5.73 Å². The van der Waals surface area contributed by atoms with Gasteiger partial charge in [-0.1, -0.05) is 13.0 Å². The van der Waals surface area contributed by atoms with Crippen molar-refractivity contribution in [1.82, 2.24) is 5.32 Å². The van der Waals surface area contributed by atoms with Crippen LogP contribution in [0.3, 0.4) is 0 Å². The van der Waals surface area contributed by atoms with Crippen LogP contribution >= 0.6 is 15.9 Å². The molecule has 1 atom stereocenters. The van der Waals surface area contributed by atoms with Crippen molar-refractivity contribution in [1.29, 1.82) is 0 Å². The second-order valence-electron chi connectivity index (χ2n) is 3.02. The number of halogens is 2. The van der Waals surface area contributed by atoms with Crippen molar-refractivity contribution < 1.29 is 4.39 Å². The maximum absolute atomic E-state index is 13.2. The van der Waals surface area contributed by atoms with E-state index in [1.54, 1.807) is 6.07 Å². The van der Waals surface area contributed by atoms with E-state index in [-0.39, 0.29) is 11.9 Å². The third-order valence-electron chi connectivity index (χ3n) is 2.03. The van der Waals surface area contributed by atoms with Gasteiger partial charge < -0.3 is 11.1 Å². The van der Waals surface area contributed by atoms with Crippen molar-refractivity contribution in [2.45, 2.75) is 13.0 Å². The van der Waals surface area contributed by atoms with Crippen molar-refractivity contribution in [3.63, 3.8) is 0 Å². The Labute approximate surface area is 91.8 Å². The summed E-state index contributed by atoms with van der Waals surface area (Å²) in [6.07, 6.45) is 0. The summed E-state index contributed by atoms with van der Waals surface area (Å²) in [6.45, 7) is 3.28. The van der Waals surface area contributed by atoms with E-state index >= 15 is 0 Å². The normalized spacial score (nSPS) is 12.9. The second-order valence-corrected chi connectivity index (χ2v) is 3.87. The SMILES string of the molecule is CCNC(CN)c1ccc(Br)c(F)c1. The molecule has 1 aromatic rings. The molecule has 0 radical (unpaired) electrons. The molecule has 78 valence electrons. The quantitative estimate of drug-likeness (QED) is 0.872. The lowest BCUT2D eigenvalue weighted by Gasteiger charge is -2.16. The fourth-order valence-electron chi connectivity index (χ4n) is 1.31. The Balaban J connectivity index is 2.88. The lowest BCUT2D eigenvalue weighted by atomic mass is 10.1. The average molecular weight is 261 g/mol. The van der Waals surface area contributed by atoms with E-state index in [0.717, 1.165) is 12.1 Å². The Morgan fingerprint density at radius 2 is 2.29 bits per heavy atom. The van der Waals surface area contributed by atoms with Gasteiger partial charge >= 0.3 is 0 Å². The summed E-state index contributed by atoms with van der Waals surface area (Å²) in [5.41, 5.74) is 6.47. The second kappa shape index (κ2) is 5.44. The summed E-state index contributed by atoms with van der Waals surface area (Å²) in [5, 5.41) is 3.19. The van der Waals surface area contributed by atoms with E-state index in [1.165, 1.54) is 6.07 Å². The molecule has 0 aliphatic heterocycles. The monoisotopic (exact) mass is 260 g/mol. The molecular formula is C10H14BrFN2. The summed E-state index contributed by atoms with van der Waals surface area (Å²) in [4.78, 5) is 0. The van der Waals surface area contributed by atoms with Crippen molar-refractivity contribution in [3.8, 4) is 0 Å². The highest BCUT2D eigenvalue weighted by molar-refractivity contribution is 9.10. The number of hydrogen-bond donors (Lipinski definition) is 2. The van der Waals surface area contributed by atoms with Crippen LogP contribution in [-0.2, 0) is 0 Å². The minimum absolute atomic E-state index is 0.0302. The first-order valence-corrected chi connectivity index (χ1v) is 5.36. The first kappa shape index (κ1) is 11.6. The van der Waals surface area contributed by atoms with Gasteiger partial charge in [0.1, 0.15) is 5.82 Å². The Bertz CT molecular complexity index is 304. The van der Waals surface area contributed by atoms with Gasteiger partial charge in [0.15, 0.2) is 0 Å². The maximum atomic E-state index is 13.2. The van der Waals surface area contributed by atoms with Gasteiger partial charge in [0, 0.05) is 12.6 Å². The molecule has 14 heavy (non-hydrogen) atoms. The van der Waals surface area contributed by atoms with Gasteiger partial charge in [0.05, 0.1) is 4.47 Å². The molecule has 0 aliphatic rings. The molecule has 1 unspecified atom stereocenters. The fourth-order valence-corrected chi connectivity index (χ4v) is 1.56. The van der Waals surface area contributed by atoms with Crippen LogP contribution in [0.2, 0.25) is 0 Å². The molecule has 1 aromatic carbocycles. The molecule has 0 amide bonds. The summed E-state index contributed by atoms with van der Waals surface area (Å²) < 4.78 is 13.7. The van der Waals surface area contributed by atoms with Gasteiger partial charge in [-0.2, -0.15) is 0 Å². The van der Waals surface area contributed by atoms with Crippen LogP contribution in [0.15, 0.2) is 22.7 Å². The van der Waals surface area contributed by atoms with Crippen LogP contribution < -0.4 is 11.1 Å². The molecule has 3 N–H and O–H groups in total. The molecule has 1 rings (SSSR count). The van der Waals surface area contributed by atoms with Gasteiger partial charge in [-0.3, -0.25) is 0 Å². The van der Waals surface area contributed by atoms with Crippen LogP contribution in [0.1, 0.15) is 18.5 Å². The number of likely N-dealkylation sites (N-methyl/N-ethyl adjacent to an activating group) is 1. The van der Waals surface area contributed by atoms with Gasteiger partial charge in [0.2, 0.25) is 0 Å². The zero-order valence-electron chi connectivity index (χ0n) is 8.06. The Hall–Kier alpha value is -0.450. The van der Waals surface area contributed by atoms with Crippen LogP contribution in [-0.4, -0.2) is 13.1 Å². The van der Waals surface area contributed by atoms with Gasteiger partial charge in [-0.05, 0) is 40.2 Å². The topological polar surface area (TPSA) is 38.0 Å². The van der Waals surface area contributed by atoms with Crippen LogP contribution in [0.4, 0.5) is 4.39 Å². The summed E-state index contributed by atoms with van der Waals surface area (Å²) in [6, 6.07) is 5.10. The molecule has 2 nitrogen and oxygen atoms in total. The molecular weight excluding hydrogens is 247 g/mol. The first-order valence-electron chi connectivity index (χ1n) is 4.57. The standard InChI is InChI=1S/C10H14BrFN2/c1-2-14-10(6-13)7-3-4-8(11)9(12)5-7/h3-5,10,14H,2,6,13H2,1H3. The van der Waals surface area contributed by atoms with Gasteiger partial charge in [-0.25, -0.2) is 4.39 Å². The smallest absolute Gasteiger partial charge is 0.137 e. The van der Waals surface area contributed by atoms with E-state index in [0.29, 0.717) is 11.0 Å². The highest BCUT2D eigenvalue weighted by Crippen LogP contribution is 2.20. The Morgan fingerprint density at radius 3 is 2.79 bits per heavy atom. The van der Waals surface area contributed by atoms with E-state index in [2.05, 4.69) is 21.2 Å². The highest BCUT2D eigenvalue weighted by atomic mass is 79.9. The average Bonchev–Trinajstić information content (AvgIpc) is 2.19. The summed E-state index contributed by atoms with van der Waals surface area (Å²) in [7, 11) is 0. The summed E-state index contributed by atoms with van der Waals surface area (Å²) in [5.74, 6) is -0.251. The lowest BCUT2D eigenvalue weighted by Crippen LogP contribution is -2.27. The van der Waals surface area contributed by atoms with Crippen molar-refractivity contribution >= 4 is 15.9 Å². The Kier molecular flexibility index (Phi) is 4.51. The largest absolute Gasteiger partial charge is 0.329 e. The number of hydrogen-bond acceptors (Lipinski definition) is 2. The molecule has 0 bridgehead atoms. The minimum atomic E-state index is -0.251. The van der Waals surface area contributed by atoms with Crippen molar-refractivity contribution in [2.75, 3.05) is 13.1 Å². The number of nitrogens with two attached hydrogens (primary N) is 1. The van der Waals surface area contributed by atoms with E-state index in [4.69, 9.17) is 5.73 Å². The Morgan fingerprint density at radius 1 is 1.57 bits per heavy atom. The third-order valence-corrected chi connectivity index (χ3v) is 2.68. The van der Waals surface area contributed by atoms with Gasteiger partial charge in [-0.15, -0.1) is 0 Å². The summed E-state index contributed by atoms with van der Waals surface area (Å²) >= 11 is 3.11. The zero-order valence-corrected chi connectivity index (χ0v) is 9.64. The van der Waals surface area contributed by atoms with Crippen LogP contribution in [0.5, 0.6) is 0 Å².